The lowest BCUT2D eigenvalue weighted by atomic mass is 10.2. The van der Waals surface area contributed by atoms with Gasteiger partial charge in [0.1, 0.15) is 0 Å². The minimum Gasteiger partial charge on any atom is -0.358 e. The fraction of sp³-hybridized carbons (Fsp3) is 0.533. The fourth-order valence-electron chi connectivity index (χ4n) is 2.76. The summed E-state index contributed by atoms with van der Waals surface area (Å²) in [6, 6.07) is 7.09. The van der Waals surface area contributed by atoms with Crippen LogP contribution in [-0.2, 0) is 0 Å². The minimum absolute atomic E-state index is 0.603. The Morgan fingerprint density at radius 2 is 2.32 bits per heavy atom. The van der Waals surface area contributed by atoms with Crippen molar-refractivity contribution in [3.05, 3.63) is 23.8 Å². The maximum absolute atomic E-state index is 4.71. The molecular formula is C15H20N2S2. The van der Waals surface area contributed by atoms with Crippen molar-refractivity contribution >= 4 is 38.4 Å². The van der Waals surface area contributed by atoms with Crippen molar-refractivity contribution in [1.82, 2.24) is 4.98 Å². The first-order valence-electron chi connectivity index (χ1n) is 7.01. The van der Waals surface area contributed by atoms with Crippen LogP contribution in [0.15, 0.2) is 18.2 Å². The van der Waals surface area contributed by atoms with E-state index >= 15 is 0 Å². The Kier molecular flexibility index (Phi) is 3.99. The van der Waals surface area contributed by atoms with Gasteiger partial charge in [0.2, 0.25) is 0 Å². The number of fused-ring (bicyclic) bond motifs is 1. The molecule has 0 saturated heterocycles. The van der Waals surface area contributed by atoms with Gasteiger partial charge >= 0.3 is 0 Å². The Hall–Kier alpha value is -0.740. The Labute approximate surface area is 123 Å². The number of aromatic nitrogens is 1. The van der Waals surface area contributed by atoms with E-state index in [-0.39, 0.29) is 0 Å². The maximum Gasteiger partial charge on any atom is 0.184 e. The predicted molar refractivity (Wildman–Crippen MR) is 87.5 cm³/mol. The van der Waals surface area contributed by atoms with E-state index in [0.29, 0.717) is 6.04 Å². The molecule has 1 N–H and O–H groups in total. The van der Waals surface area contributed by atoms with E-state index < -0.39 is 0 Å². The Morgan fingerprint density at radius 3 is 3.16 bits per heavy atom. The van der Waals surface area contributed by atoms with E-state index in [1.807, 2.05) is 0 Å². The Morgan fingerprint density at radius 1 is 1.42 bits per heavy atom. The Bertz CT molecular complexity index is 564. The van der Waals surface area contributed by atoms with Crippen LogP contribution in [0, 0.1) is 6.92 Å². The van der Waals surface area contributed by atoms with Crippen molar-refractivity contribution in [3.63, 3.8) is 0 Å². The number of nitrogens with zero attached hydrogens (tertiary/aromatic N) is 1. The lowest BCUT2D eigenvalue weighted by molar-refractivity contribution is 0.767. The van der Waals surface area contributed by atoms with Gasteiger partial charge in [-0.15, -0.1) is 0 Å². The number of thioether (sulfide) groups is 1. The average Bonchev–Trinajstić information content (AvgIpc) is 2.97. The number of hydrogen-bond donors (Lipinski definition) is 1. The van der Waals surface area contributed by atoms with E-state index in [1.165, 1.54) is 35.3 Å². The summed E-state index contributed by atoms with van der Waals surface area (Å²) in [4.78, 5) is 4.71. The third-order valence-electron chi connectivity index (χ3n) is 3.69. The van der Waals surface area contributed by atoms with Gasteiger partial charge in [0.15, 0.2) is 5.13 Å². The van der Waals surface area contributed by atoms with Crippen molar-refractivity contribution < 1.29 is 0 Å². The second-order valence-corrected chi connectivity index (χ2v) is 7.71. The molecule has 1 fully saturated rings. The summed E-state index contributed by atoms with van der Waals surface area (Å²) < 4.78 is 1.29. The molecule has 0 aliphatic heterocycles. The SMILES string of the molecule is CCSC1CCCC1Nc1nc2ccc(C)cc2s1. The molecule has 1 heterocycles. The first kappa shape index (κ1) is 13.3. The van der Waals surface area contributed by atoms with Gasteiger partial charge in [0, 0.05) is 11.3 Å². The zero-order valence-electron chi connectivity index (χ0n) is 11.5. The summed E-state index contributed by atoms with van der Waals surface area (Å²) in [5, 5.41) is 5.53. The van der Waals surface area contributed by atoms with Gasteiger partial charge in [-0.25, -0.2) is 4.98 Å². The zero-order valence-corrected chi connectivity index (χ0v) is 13.1. The highest BCUT2D eigenvalue weighted by molar-refractivity contribution is 7.99. The van der Waals surface area contributed by atoms with Crippen LogP contribution in [0.1, 0.15) is 31.7 Å². The average molecular weight is 292 g/mol. The monoisotopic (exact) mass is 292 g/mol. The van der Waals surface area contributed by atoms with Gasteiger partial charge in [-0.2, -0.15) is 11.8 Å². The lowest BCUT2D eigenvalue weighted by Crippen LogP contribution is -2.26. The lowest BCUT2D eigenvalue weighted by Gasteiger charge is -2.19. The van der Waals surface area contributed by atoms with Crippen LogP contribution < -0.4 is 5.32 Å². The van der Waals surface area contributed by atoms with Crippen LogP contribution in [0.25, 0.3) is 10.2 Å². The molecule has 1 saturated carbocycles. The largest absolute Gasteiger partial charge is 0.358 e. The number of nitrogens with one attached hydrogen (secondary N) is 1. The molecule has 0 radical (unpaired) electrons. The second kappa shape index (κ2) is 5.71. The topological polar surface area (TPSA) is 24.9 Å². The molecule has 2 atom stereocenters. The molecule has 19 heavy (non-hydrogen) atoms. The van der Waals surface area contributed by atoms with Gasteiger partial charge in [0.25, 0.3) is 0 Å². The van der Waals surface area contributed by atoms with Crippen molar-refractivity contribution in [2.45, 2.75) is 44.4 Å². The number of benzene rings is 1. The number of aryl methyl sites for hydroxylation is 1. The third-order valence-corrected chi connectivity index (χ3v) is 5.96. The van der Waals surface area contributed by atoms with Crippen LogP contribution in [-0.4, -0.2) is 22.0 Å². The molecule has 2 unspecified atom stereocenters. The van der Waals surface area contributed by atoms with E-state index in [2.05, 4.69) is 49.1 Å². The smallest absolute Gasteiger partial charge is 0.184 e. The first-order chi connectivity index (χ1) is 9.26. The molecule has 1 aliphatic rings. The van der Waals surface area contributed by atoms with Gasteiger partial charge in [-0.1, -0.05) is 30.7 Å². The van der Waals surface area contributed by atoms with Crippen molar-refractivity contribution in [2.24, 2.45) is 0 Å². The highest BCUT2D eigenvalue weighted by Crippen LogP contribution is 2.34. The van der Waals surface area contributed by atoms with Gasteiger partial charge in [-0.3, -0.25) is 0 Å². The summed E-state index contributed by atoms with van der Waals surface area (Å²) in [6.45, 7) is 4.39. The molecule has 1 aliphatic carbocycles. The van der Waals surface area contributed by atoms with E-state index in [9.17, 15) is 0 Å². The van der Waals surface area contributed by atoms with Gasteiger partial charge in [-0.05, 0) is 43.2 Å². The summed E-state index contributed by atoms with van der Waals surface area (Å²) in [6.07, 6.45) is 3.98. The number of hydrogen-bond acceptors (Lipinski definition) is 4. The fourth-order valence-corrected chi connectivity index (χ4v) is 4.98. The number of rotatable bonds is 4. The second-order valence-electron chi connectivity index (χ2n) is 5.17. The van der Waals surface area contributed by atoms with Crippen LogP contribution in [0.4, 0.5) is 5.13 Å². The van der Waals surface area contributed by atoms with E-state index in [0.717, 1.165) is 15.9 Å². The molecule has 0 spiro atoms. The highest BCUT2D eigenvalue weighted by atomic mass is 32.2. The van der Waals surface area contributed by atoms with Crippen molar-refractivity contribution in [1.29, 1.82) is 0 Å². The molecule has 3 rings (SSSR count). The Balaban J connectivity index is 1.77. The van der Waals surface area contributed by atoms with E-state index in [4.69, 9.17) is 4.98 Å². The zero-order chi connectivity index (χ0) is 13.2. The summed E-state index contributed by atoms with van der Waals surface area (Å²) in [7, 11) is 0. The van der Waals surface area contributed by atoms with Gasteiger partial charge < -0.3 is 5.32 Å². The highest BCUT2D eigenvalue weighted by Gasteiger charge is 2.27. The normalized spacial score (nSPS) is 23.1. The first-order valence-corrected chi connectivity index (χ1v) is 8.88. The van der Waals surface area contributed by atoms with Crippen LogP contribution in [0.3, 0.4) is 0 Å². The third kappa shape index (κ3) is 2.90. The summed E-state index contributed by atoms with van der Waals surface area (Å²) in [5.74, 6) is 1.21. The van der Waals surface area contributed by atoms with Crippen LogP contribution >= 0.6 is 23.1 Å². The van der Waals surface area contributed by atoms with Crippen LogP contribution in [0.2, 0.25) is 0 Å². The van der Waals surface area contributed by atoms with Crippen molar-refractivity contribution in [3.8, 4) is 0 Å². The molecular weight excluding hydrogens is 272 g/mol. The molecule has 2 aromatic rings. The summed E-state index contributed by atoms with van der Waals surface area (Å²) >= 11 is 3.88. The minimum atomic E-state index is 0.603. The van der Waals surface area contributed by atoms with Crippen LogP contribution in [0.5, 0.6) is 0 Å². The summed E-state index contributed by atoms with van der Waals surface area (Å²) in [5.41, 5.74) is 2.43. The maximum atomic E-state index is 4.71. The number of thiazole rings is 1. The molecule has 2 nitrogen and oxygen atoms in total. The quantitative estimate of drug-likeness (QED) is 0.885. The molecule has 0 bridgehead atoms. The standard InChI is InChI=1S/C15H20N2S2/c1-3-18-13-6-4-5-11(13)16-15-17-12-8-7-10(2)9-14(12)19-15/h7-9,11,13H,3-6H2,1-2H3,(H,16,17). The molecule has 102 valence electrons. The molecule has 1 aromatic heterocycles. The predicted octanol–water partition coefficient (Wildman–Crippen LogP) is 4.69. The molecule has 1 aromatic carbocycles. The van der Waals surface area contributed by atoms with Gasteiger partial charge in [0.05, 0.1) is 10.2 Å². The molecule has 0 amide bonds. The number of anilines is 1. The van der Waals surface area contributed by atoms with E-state index in [1.54, 1.807) is 11.3 Å². The molecule has 4 heteroatoms. The van der Waals surface area contributed by atoms with Crippen molar-refractivity contribution in [2.75, 3.05) is 11.1 Å².